The van der Waals surface area contributed by atoms with E-state index in [0.29, 0.717) is 6.61 Å². The van der Waals surface area contributed by atoms with Crippen LogP contribution in [0.1, 0.15) is 13.8 Å². The molecule has 0 amide bonds. The molecule has 0 aliphatic rings. The molecule has 0 atom stereocenters. The molecular weight excluding hydrogens is 156 g/mol. The molecule has 0 radical (unpaired) electrons. The van der Waals surface area contributed by atoms with Gasteiger partial charge in [-0.3, -0.25) is 9.80 Å². The summed E-state index contributed by atoms with van der Waals surface area (Å²) in [5, 5.41) is 5.27. The summed E-state index contributed by atoms with van der Waals surface area (Å²) in [6.07, 6.45) is 3.05. The number of hydrogen-bond donors (Lipinski definition) is 0. The summed E-state index contributed by atoms with van der Waals surface area (Å²) in [5.74, 6) is -0.303. The highest BCUT2D eigenvalue weighted by Gasteiger charge is 2.04. The van der Waals surface area contributed by atoms with Crippen molar-refractivity contribution in [3.05, 3.63) is 12.8 Å². The van der Waals surface area contributed by atoms with Crippen LogP contribution in [0, 0.1) is 0 Å². The first-order valence-electron chi connectivity index (χ1n) is 3.78. The van der Waals surface area contributed by atoms with E-state index < -0.39 is 0 Å². The maximum absolute atomic E-state index is 10.9. The fraction of sp³-hybridized carbons (Fsp3) is 0.500. The highest BCUT2D eigenvalue weighted by Crippen LogP contribution is 1.90. The van der Waals surface area contributed by atoms with Gasteiger partial charge in [-0.2, -0.15) is 5.10 Å². The standard InChI is InChI=1S/C8H14N2O2/c1-4-9-10(5-2)7-8(11)12-6-3/h4-5H,2,6-7H2,1,3H3/b9-4+. The normalized spacial score (nSPS) is 9.83. The van der Waals surface area contributed by atoms with Gasteiger partial charge in [-0.15, -0.1) is 0 Å². The molecule has 0 rings (SSSR count). The lowest BCUT2D eigenvalue weighted by molar-refractivity contribution is -0.143. The van der Waals surface area contributed by atoms with E-state index in [-0.39, 0.29) is 12.5 Å². The summed E-state index contributed by atoms with van der Waals surface area (Å²) in [6, 6.07) is 0. The maximum atomic E-state index is 10.9. The highest BCUT2D eigenvalue weighted by molar-refractivity contribution is 5.71. The molecule has 0 aliphatic heterocycles. The molecule has 0 spiro atoms. The quantitative estimate of drug-likeness (QED) is 0.351. The lowest BCUT2D eigenvalue weighted by Gasteiger charge is -2.11. The van der Waals surface area contributed by atoms with Crippen LogP contribution < -0.4 is 0 Å². The van der Waals surface area contributed by atoms with Crippen molar-refractivity contribution in [2.24, 2.45) is 5.10 Å². The molecule has 0 unspecified atom stereocenters. The van der Waals surface area contributed by atoms with Gasteiger partial charge in [-0.1, -0.05) is 6.58 Å². The van der Waals surface area contributed by atoms with Gasteiger partial charge in [0.25, 0.3) is 0 Å². The number of hydrogen-bond acceptors (Lipinski definition) is 4. The largest absolute Gasteiger partial charge is 0.465 e. The lowest BCUT2D eigenvalue weighted by atomic mass is 10.6. The molecule has 0 aromatic carbocycles. The van der Waals surface area contributed by atoms with Gasteiger partial charge in [0, 0.05) is 12.4 Å². The van der Waals surface area contributed by atoms with Gasteiger partial charge in [0.15, 0.2) is 0 Å². The Morgan fingerprint density at radius 2 is 2.42 bits per heavy atom. The Balaban J connectivity index is 3.85. The predicted molar refractivity (Wildman–Crippen MR) is 47.7 cm³/mol. The second kappa shape index (κ2) is 6.39. The molecular formula is C8H14N2O2. The molecule has 4 nitrogen and oxygen atoms in total. The van der Waals surface area contributed by atoms with Crippen LogP contribution in [0.4, 0.5) is 0 Å². The molecule has 4 heteroatoms. The summed E-state index contributed by atoms with van der Waals surface area (Å²) in [6.45, 7) is 7.53. The van der Waals surface area contributed by atoms with Crippen molar-refractivity contribution in [3.8, 4) is 0 Å². The van der Waals surface area contributed by atoms with E-state index in [1.807, 2.05) is 0 Å². The van der Waals surface area contributed by atoms with Gasteiger partial charge in [-0.25, -0.2) is 0 Å². The minimum Gasteiger partial charge on any atom is -0.465 e. The van der Waals surface area contributed by atoms with Crippen molar-refractivity contribution in [3.63, 3.8) is 0 Å². The summed E-state index contributed by atoms with van der Waals surface area (Å²) < 4.78 is 4.72. The predicted octanol–water partition coefficient (Wildman–Crippen LogP) is 1.00. The molecule has 0 heterocycles. The van der Waals surface area contributed by atoms with Crippen LogP contribution in [-0.2, 0) is 9.53 Å². The van der Waals surface area contributed by atoms with E-state index >= 15 is 0 Å². The van der Waals surface area contributed by atoms with Crippen molar-refractivity contribution in [2.45, 2.75) is 13.8 Å². The van der Waals surface area contributed by atoms with Gasteiger partial charge >= 0.3 is 5.97 Å². The molecule has 0 aromatic rings. The average molecular weight is 170 g/mol. The number of ether oxygens (including phenoxy) is 1. The second-order valence-electron chi connectivity index (χ2n) is 1.96. The zero-order valence-electron chi connectivity index (χ0n) is 7.49. The van der Waals surface area contributed by atoms with Crippen molar-refractivity contribution >= 4 is 12.2 Å². The molecule has 0 fully saturated rings. The topological polar surface area (TPSA) is 41.9 Å². The number of esters is 1. The summed E-state index contributed by atoms with van der Waals surface area (Å²) >= 11 is 0. The molecule has 0 aliphatic carbocycles. The van der Waals surface area contributed by atoms with Crippen LogP contribution in [-0.4, -0.2) is 30.3 Å². The maximum Gasteiger partial charge on any atom is 0.327 e. The SMILES string of the molecule is C=CN(CC(=O)OCC)/N=C/C. The Morgan fingerprint density at radius 3 is 2.83 bits per heavy atom. The van der Waals surface area contributed by atoms with E-state index in [2.05, 4.69) is 11.7 Å². The zero-order valence-corrected chi connectivity index (χ0v) is 7.49. The monoisotopic (exact) mass is 170 g/mol. The van der Waals surface area contributed by atoms with Crippen molar-refractivity contribution in [2.75, 3.05) is 13.2 Å². The molecule has 12 heavy (non-hydrogen) atoms. The molecule has 0 aromatic heterocycles. The Morgan fingerprint density at radius 1 is 1.75 bits per heavy atom. The van der Waals surface area contributed by atoms with Gasteiger partial charge in [-0.05, 0) is 13.8 Å². The zero-order chi connectivity index (χ0) is 9.40. The number of rotatable bonds is 5. The first kappa shape index (κ1) is 10.7. The Bertz CT molecular complexity index is 178. The van der Waals surface area contributed by atoms with Gasteiger partial charge in [0.05, 0.1) is 6.61 Å². The highest BCUT2D eigenvalue weighted by atomic mass is 16.5. The number of nitrogens with zero attached hydrogens (tertiary/aromatic N) is 2. The first-order valence-corrected chi connectivity index (χ1v) is 3.78. The van der Waals surface area contributed by atoms with Crippen molar-refractivity contribution < 1.29 is 9.53 Å². The van der Waals surface area contributed by atoms with Crippen LogP contribution in [0.15, 0.2) is 17.9 Å². The minimum absolute atomic E-state index is 0.113. The number of carbonyl (C=O) groups is 1. The van der Waals surface area contributed by atoms with Gasteiger partial charge in [0.2, 0.25) is 0 Å². The molecule has 0 saturated carbocycles. The van der Waals surface area contributed by atoms with Crippen molar-refractivity contribution in [1.29, 1.82) is 0 Å². The van der Waals surface area contributed by atoms with E-state index in [0.717, 1.165) is 0 Å². The van der Waals surface area contributed by atoms with E-state index in [1.54, 1.807) is 20.1 Å². The Hall–Kier alpha value is -1.32. The molecule has 0 bridgehead atoms. The molecule has 0 N–H and O–H groups in total. The summed E-state index contributed by atoms with van der Waals surface area (Å²) in [5.41, 5.74) is 0. The lowest BCUT2D eigenvalue weighted by Crippen LogP contribution is -2.22. The fourth-order valence-electron chi connectivity index (χ4n) is 0.640. The van der Waals surface area contributed by atoms with E-state index in [9.17, 15) is 4.79 Å². The van der Waals surface area contributed by atoms with Crippen LogP contribution in [0.25, 0.3) is 0 Å². The fourth-order valence-corrected chi connectivity index (χ4v) is 0.640. The minimum atomic E-state index is -0.303. The number of carbonyl (C=O) groups excluding carboxylic acids is 1. The third-order valence-electron chi connectivity index (χ3n) is 1.07. The second-order valence-corrected chi connectivity index (χ2v) is 1.96. The van der Waals surface area contributed by atoms with E-state index in [1.165, 1.54) is 11.2 Å². The first-order chi connectivity index (χ1) is 5.74. The average Bonchev–Trinajstić information content (AvgIpc) is 2.04. The smallest absolute Gasteiger partial charge is 0.327 e. The number of hydrazone groups is 1. The van der Waals surface area contributed by atoms with Crippen LogP contribution >= 0.6 is 0 Å². The van der Waals surface area contributed by atoms with Crippen LogP contribution in [0.3, 0.4) is 0 Å². The van der Waals surface area contributed by atoms with Crippen LogP contribution in [0.2, 0.25) is 0 Å². The summed E-state index contributed by atoms with van der Waals surface area (Å²) in [7, 11) is 0. The van der Waals surface area contributed by atoms with E-state index in [4.69, 9.17) is 4.74 Å². The van der Waals surface area contributed by atoms with Crippen molar-refractivity contribution in [1.82, 2.24) is 5.01 Å². The van der Waals surface area contributed by atoms with Gasteiger partial charge in [0.1, 0.15) is 6.54 Å². The molecule has 68 valence electrons. The molecule has 0 saturated heterocycles. The summed E-state index contributed by atoms with van der Waals surface area (Å²) in [4.78, 5) is 10.9. The Kier molecular flexibility index (Phi) is 5.69. The third kappa shape index (κ3) is 4.49. The Labute approximate surface area is 72.5 Å². The van der Waals surface area contributed by atoms with Gasteiger partial charge < -0.3 is 4.74 Å². The van der Waals surface area contributed by atoms with Crippen LogP contribution in [0.5, 0.6) is 0 Å². The third-order valence-corrected chi connectivity index (χ3v) is 1.07.